The van der Waals surface area contributed by atoms with Crippen molar-refractivity contribution in [2.75, 3.05) is 25.0 Å². The number of benzene rings is 1. The molecular weight excluding hydrogens is 316 g/mol. The SMILES string of the molecule is Cl.Fc1ccc2c(N[C@H]3CN4CCC3CC4)noc2c1Cl. The summed E-state index contributed by atoms with van der Waals surface area (Å²) < 4.78 is 18.6. The van der Waals surface area contributed by atoms with Crippen molar-refractivity contribution in [3.63, 3.8) is 0 Å². The molecule has 1 atom stereocenters. The van der Waals surface area contributed by atoms with Gasteiger partial charge in [0.2, 0.25) is 0 Å². The van der Waals surface area contributed by atoms with Gasteiger partial charge in [-0.3, -0.25) is 0 Å². The predicted molar refractivity (Wildman–Crippen MR) is 82.8 cm³/mol. The number of nitrogens with one attached hydrogen (secondary N) is 1. The zero-order valence-corrected chi connectivity index (χ0v) is 12.9. The van der Waals surface area contributed by atoms with Gasteiger partial charge < -0.3 is 14.7 Å². The number of anilines is 1. The standard InChI is InChI=1S/C14H15ClFN3O.ClH/c15-12-10(16)2-1-9-13(12)20-18-14(9)17-11-7-19-5-3-8(11)4-6-19;/h1-2,8,11H,3-7H2,(H,17,18);1H/t11-;/m0./s1. The molecule has 5 rings (SSSR count). The summed E-state index contributed by atoms with van der Waals surface area (Å²) >= 11 is 5.90. The highest BCUT2D eigenvalue weighted by molar-refractivity contribution is 6.35. The number of aromatic nitrogens is 1. The topological polar surface area (TPSA) is 41.3 Å². The van der Waals surface area contributed by atoms with E-state index in [4.69, 9.17) is 16.1 Å². The van der Waals surface area contributed by atoms with Gasteiger partial charge >= 0.3 is 0 Å². The number of nitrogens with zero attached hydrogens (tertiary/aromatic N) is 2. The van der Waals surface area contributed by atoms with Gasteiger partial charge in [-0.1, -0.05) is 16.8 Å². The van der Waals surface area contributed by atoms with E-state index in [1.807, 2.05) is 0 Å². The van der Waals surface area contributed by atoms with Crippen LogP contribution >= 0.6 is 24.0 Å². The van der Waals surface area contributed by atoms with E-state index < -0.39 is 5.82 Å². The van der Waals surface area contributed by atoms with Crippen LogP contribution in [0.5, 0.6) is 0 Å². The summed E-state index contributed by atoms with van der Waals surface area (Å²) in [7, 11) is 0. The molecule has 4 heterocycles. The maximum Gasteiger partial charge on any atom is 0.190 e. The Kier molecular flexibility index (Phi) is 3.99. The van der Waals surface area contributed by atoms with Crippen LogP contribution in [0.1, 0.15) is 12.8 Å². The minimum atomic E-state index is -0.482. The fraction of sp³-hybridized carbons (Fsp3) is 0.500. The molecule has 0 amide bonds. The minimum absolute atomic E-state index is 0. The van der Waals surface area contributed by atoms with Crippen molar-refractivity contribution >= 4 is 40.8 Å². The first-order valence-corrected chi connectivity index (χ1v) is 7.32. The lowest BCUT2D eigenvalue weighted by atomic mass is 9.84. The van der Waals surface area contributed by atoms with Gasteiger partial charge in [0.1, 0.15) is 10.8 Å². The maximum atomic E-state index is 13.4. The van der Waals surface area contributed by atoms with Gasteiger partial charge in [0, 0.05) is 12.6 Å². The Morgan fingerprint density at radius 3 is 2.76 bits per heavy atom. The first-order valence-electron chi connectivity index (χ1n) is 6.94. The molecule has 114 valence electrons. The van der Waals surface area contributed by atoms with Crippen molar-refractivity contribution in [2.24, 2.45) is 5.92 Å². The van der Waals surface area contributed by atoms with E-state index in [9.17, 15) is 4.39 Å². The summed E-state index contributed by atoms with van der Waals surface area (Å²) in [5.74, 6) is 0.869. The summed E-state index contributed by atoms with van der Waals surface area (Å²) in [5, 5.41) is 8.21. The van der Waals surface area contributed by atoms with Gasteiger partial charge in [-0.05, 0) is 44.0 Å². The van der Waals surface area contributed by atoms with E-state index in [0.29, 0.717) is 23.4 Å². The molecule has 3 saturated heterocycles. The van der Waals surface area contributed by atoms with Gasteiger partial charge in [0.15, 0.2) is 11.4 Å². The number of rotatable bonds is 2. The minimum Gasteiger partial charge on any atom is -0.362 e. The molecule has 4 nitrogen and oxygen atoms in total. The molecule has 7 heteroatoms. The number of hydrogen-bond donors (Lipinski definition) is 1. The molecule has 0 unspecified atom stereocenters. The number of fused-ring (bicyclic) bond motifs is 4. The summed E-state index contributed by atoms with van der Waals surface area (Å²) in [6, 6.07) is 3.40. The normalized spacial score (nSPS) is 27.6. The molecule has 0 spiro atoms. The van der Waals surface area contributed by atoms with Gasteiger partial charge in [-0.2, -0.15) is 0 Å². The molecule has 1 N–H and O–H groups in total. The second kappa shape index (κ2) is 5.63. The van der Waals surface area contributed by atoms with E-state index in [1.54, 1.807) is 6.07 Å². The summed E-state index contributed by atoms with van der Waals surface area (Å²) in [4.78, 5) is 2.46. The first-order chi connectivity index (χ1) is 9.72. The molecule has 2 aromatic rings. The van der Waals surface area contributed by atoms with Crippen LogP contribution in [0.2, 0.25) is 5.02 Å². The third kappa shape index (κ3) is 2.47. The largest absolute Gasteiger partial charge is 0.362 e. The molecule has 1 aromatic heterocycles. The average molecular weight is 332 g/mol. The van der Waals surface area contributed by atoms with Gasteiger partial charge in [-0.15, -0.1) is 12.4 Å². The lowest BCUT2D eigenvalue weighted by Gasteiger charge is -2.44. The van der Waals surface area contributed by atoms with E-state index in [-0.39, 0.29) is 17.4 Å². The summed E-state index contributed by atoms with van der Waals surface area (Å²) in [5.41, 5.74) is 0.315. The summed E-state index contributed by atoms with van der Waals surface area (Å²) in [6.07, 6.45) is 2.45. The van der Waals surface area contributed by atoms with Crippen molar-refractivity contribution in [1.29, 1.82) is 0 Å². The Labute approximate surface area is 133 Å². The Morgan fingerprint density at radius 1 is 1.33 bits per heavy atom. The molecule has 3 aliphatic heterocycles. The molecule has 3 fully saturated rings. The van der Waals surface area contributed by atoms with Crippen molar-refractivity contribution in [3.8, 4) is 0 Å². The van der Waals surface area contributed by atoms with E-state index in [0.717, 1.165) is 11.9 Å². The third-order valence-electron chi connectivity index (χ3n) is 4.51. The van der Waals surface area contributed by atoms with E-state index in [1.165, 1.54) is 32.0 Å². The van der Waals surface area contributed by atoms with Crippen LogP contribution in [-0.2, 0) is 0 Å². The van der Waals surface area contributed by atoms with E-state index >= 15 is 0 Å². The van der Waals surface area contributed by atoms with Gasteiger partial charge in [-0.25, -0.2) is 4.39 Å². The van der Waals surface area contributed by atoms with Crippen LogP contribution in [0.3, 0.4) is 0 Å². The molecule has 2 bridgehead atoms. The molecule has 0 aliphatic carbocycles. The van der Waals surface area contributed by atoms with Crippen LogP contribution in [0.15, 0.2) is 16.7 Å². The second-order valence-electron chi connectivity index (χ2n) is 5.66. The Morgan fingerprint density at radius 2 is 2.10 bits per heavy atom. The molecule has 0 radical (unpaired) electrons. The monoisotopic (exact) mass is 331 g/mol. The summed E-state index contributed by atoms with van der Waals surface area (Å²) in [6.45, 7) is 3.42. The van der Waals surface area contributed by atoms with Gasteiger partial charge in [0.25, 0.3) is 0 Å². The smallest absolute Gasteiger partial charge is 0.190 e. The lowest BCUT2D eigenvalue weighted by molar-refractivity contribution is 0.0973. The van der Waals surface area contributed by atoms with Crippen molar-refractivity contribution in [1.82, 2.24) is 10.1 Å². The molecular formula is C14H16Cl2FN3O. The van der Waals surface area contributed by atoms with Crippen molar-refractivity contribution in [2.45, 2.75) is 18.9 Å². The van der Waals surface area contributed by atoms with Gasteiger partial charge in [0.05, 0.1) is 5.39 Å². The molecule has 0 saturated carbocycles. The van der Waals surface area contributed by atoms with Crippen LogP contribution in [0.25, 0.3) is 11.0 Å². The highest BCUT2D eigenvalue weighted by Gasteiger charge is 2.34. The lowest BCUT2D eigenvalue weighted by Crippen LogP contribution is -2.53. The molecule has 1 aromatic carbocycles. The number of halogens is 3. The first kappa shape index (κ1) is 14.9. The van der Waals surface area contributed by atoms with Crippen LogP contribution in [0.4, 0.5) is 10.2 Å². The van der Waals surface area contributed by atoms with Crippen LogP contribution in [0, 0.1) is 11.7 Å². The second-order valence-corrected chi connectivity index (χ2v) is 6.04. The van der Waals surface area contributed by atoms with Crippen LogP contribution < -0.4 is 5.32 Å². The number of hydrogen-bond acceptors (Lipinski definition) is 4. The highest BCUT2D eigenvalue weighted by Crippen LogP contribution is 2.34. The fourth-order valence-corrected chi connectivity index (χ4v) is 3.56. The molecule has 3 aliphatic rings. The third-order valence-corrected chi connectivity index (χ3v) is 4.86. The Bertz CT molecular complexity index is 655. The predicted octanol–water partition coefficient (Wildman–Crippen LogP) is 3.55. The maximum absolute atomic E-state index is 13.4. The quantitative estimate of drug-likeness (QED) is 0.913. The zero-order valence-electron chi connectivity index (χ0n) is 11.3. The zero-order chi connectivity index (χ0) is 13.7. The highest BCUT2D eigenvalue weighted by atomic mass is 35.5. The number of piperidine rings is 3. The van der Waals surface area contributed by atoms with Crippen molar-refractivity contribution < 1.29 is 8.91 Å². The van der Waals surface area contributed by atoms with Crippen LogP contribution in [-0.4, -0.2) is 35.7 Å². The van der Waals surface area contributed by atoms with E-state index in [2.05, 4.69) is 15.4 Å². The fourth-order valence-electron chi connectivity index (χ4n) is 3.36. The molecule has 21 heavy (non-hydrogen) atoms. The Hall–Kier alpha value is -1.04. The van der Waals surface area contributed by atoms with Crippen molar-refractivity contribution in [3.05, 3.63) is 23.0 Å². The average Bonchev–Trinajstić information content (AvgIpc) is 2.88. The Balaban J connectivity index is 0.00000132.